The minimum atomic E-state index is -0.629. The Balaban J connectivity index is 2.96. The molecule has 0 saturated heterocycles. The number of aromatic nitrogens is 1. The summed E-state index contributed by atoms with van der Waals surface area (Å²) in [6, 6.07) is 2.86. The lowest BCUT2D eigenvalue weighted by Crippen LogP contribution is -2.32. The highest BCUT2D eigenvalue weighted by atomic mass is 16.3. The SMILES string of the molecule is CC(O)Cn1cc(C(=O)NC(C)C)ccc1=O. The Morgan fingerprint density at radius 1 is 1.41 bits per heavy atom. The van der Waals surface area contributed by atoms with Gasteiger partial charge in [0.15, 0.2) is 0 Å². The zero-order chi connectivity index (χ0) is 13.0. The maximum atomic E-state index is 11.7. The van der Waals surface area contributed by atoms with E-state index in [4.69, 9.17) is 0 Å². The Hall–Kier alpha value is -1.62. The number of nitrogens with zero attached hydrogens (tertiary/aromatic N) is 1. The van der Waals surface area contributed by atoms with Crippen molar-refractivity contribution in [1.29, 1.82) is 0 Å². The first kappa shape index (κ1) is 13.4. The molecule has 1 heterocycles. The number of aliphatic hydroxyl groups is 1. The molecule has 0 aromatic carbocycles. The third-order valence-electron chi connectivity index (χ3n) is 2.13. The van der Waals surface area contributed by atoms with E-state index in [1.54, 1.807) is 6.92 Å². The number of hydrogen-bond donors (Lipinski definition) is 2. The normalized spacial score (nSPS) is 12.5. The Kier molecular flexibility index (Phi) is 4.45. The molecule has 17 heavy (non-hydrogen) atoms. The molecular weight excluding hydrogens is 220 g/mol. The number of carbonyl (C=O) groups is 1. The Bertz CT molecular complexity index is 449. The molecule has 0 bridgehead atoms. The third kappa shape index (κ3) is 4.03. The predicted octanol–water partition coefficient (Wildman–Crippen LogP) is 0.367. The molecule has 1 amide bonds. The van der Waals surface area contributed by atoms with Crippen LogP contribution in [-0.4, -0.2) is 27.7 Å². The topological polar surface area (TPSA) is 71.3 Å². The summed E-state index contributed by atoms with van der Waals surface area (Å²) in [4.78, 5) is 23.2. The molecule has 1 aromatic rings. The molecular formula is C12H18N2O3. The molecule has 0 fully saturated rings. The number of pyridine rings is 1. The van der Waals surface area contributed by atoms with E-state index in [-0.39, 0.29) is 24.1 Å². The summed E-state index contributed by atoms with van der Waals surface area (Å²) in [6.07, 6.45) is 0.836. The summed E-state index contributed by atoms with van der Waals surface area (Å²) in [5, 5.41) is 12.0. The van der Waals surface area contributed by atoms with Gasteiger partial charge in [-0.25, -0.2) is 0 Å². The predicted molar refractivity (Wildman–Crippen MR) is 65.0 cm³/mol. The number of amides is 1. The largest absolute Gasteiger partial charge is 0.392 e. The zero-order valence-electron chi connectivity index (χ0n) is 10.3. The lowest BCUT2D eigenvalue weighted by atomic mass is 10.2. The number of nitrogens with one attached hydrogen (secondary N) is 1. The van der Waals surface area contributed by atoms with Gasteiger partial charge in [0.2, 0.25) is 0 Å². The number of aliphatic hydroxyl groups excluding tert-OH is 1. The van der Waals surface area contributed by atoms with Crippen LogP contribution in [0.5, 0.6) is 0 Å². The van der Waals surface area contributed by atoms with Crippen molar-refractivity contribution in [3.63, 3.8) is 0 Å². The van der Waals surface area contributed by atoms with Crippen molar-refractivity contribution < 1.29 is 9.90 Å². The summed E-state index contributed by atoms with van der Waals surface area (Å²) >= 11 is 0. The lowest BCUT2D eigenvalue weighted by molar-refractivity contribution is 0.0941. The van der Waals surface area contributed by atoms with Crippen LogP contribution in [0.1, 0.15) is 31.1 Å². The minimum Gasteiger partial charge on any atom is -0.392 e. The summed E-state index contributed by atoms with van der Waals surface area (Å²) in [5.41, 5.74) is 0.186. The molecule has 94 valence electrons. The van der Waals surface area contributed by atoms with E-state index < -0.39 is 6.10 Å². The van der Waals surface area contributed by atoms with E-state index in [9.17, 15) is 14.7 Å². The molecule has 0 aliphatic heterocycles. The first-order valence-corrected chi connectivity index (χ1v) is 5.59. The maximum Gasteiger partial charge on any atom is 0.252 e. The Morgan fingerprint density at radius 3 is 2.59 bits per heavy atom. The average molecular weight is 238 g/mol. The van der Waals surface area contributed by atoms with E-state index in [2.05, 4.69) is 5.32 Å². The second-order valence-corrected chi connectivity index (χ2v) is 4.39. The summed E-state index contributed by atoms with van der Waals surface area (Å²) in [5.74, 6) is -0.223. The zero-order valence-corrected chi connectivity index (χ0v) is 10.3. The molecule has 1 aromatic heterocycles. The molecule has 0 spiro atoms. The van der Waals surface area contributed by atoms with Crippen molar-refractivity contribution in [2.75, 3.05) is 0 Å². The fourth-order valence-electron chi connectivity index (χ4n) is 1.44. The van der Waals surface area contributed by atoms with E-state index in [0.29, 0.717) is 5.56 Å². The number of hydrogen-bond acceptors (Lipinski definition) is 3. The van der Waals surface area contributed by atoms with Gasteiger partial charge in [-0.1, -0.05) is 0 Å². The van der Waals surface area contributed by atoms with Crippen molar-refractivity contribution in [2.24, 2.45) is 0 Å². The highest BCUT2D eigenvalue weighted by Gasteiger charge is 2.09. The van der Waals surface area contributed by atoms with Gasteiger partial charge < -0.3 is 15.0 Å². The van der Waals surface area contributed by atoms with Crippen LogP contribution in [0, 0.1) is 0 Å². The highest BCUT2D eigenvalue weighted by Crippen LogP contribution is 1.98. The fourth-order valence-corrected chi connectivity index (χ4v) is 1.44. The molecule has 5 heteroatoms. The fraction of sp³-hybridized carbons (Fsp3) is 0.500. The van der Waals surface area contributed by atoms with Gasteiger partial charge in [-0.2, -0.15) is 0 Å². The molecule has 0 radical (unpaired) electrons. The van der Waals surface area contributed by atoms with Crippen LogP contribution in [0.15, 0.2) is 23.1 Å². The smallest absolute Gasteiger partial charge is 0.252 e. The second-order valence-electron chi connectivity index (χ2n) is 4.39. The average Bonchev–Trinajstić information content (AvgIpc) is 2.19. The summed E-state index contributed by atoms with van der Waals surface area (Å²) < 4.78 is 1.33. The van der Waals surface area contributed by atoms with Gasteiger partial charge in [0, 0.05) is 18.3 Å². The van der Waals surface area contributed by atoms with Gasteiger partial charge >= 0.3 is 0 Å². The first-order chi connectivity index (χ1) is 7.90. The van der Waals surface area contributed by atoms with Gasteiger partial charge in [-0.3, -0.25) is 9.59 Å². The van der Waals surface area contributed by atoms with Gasteiger partial charge in [-0.15, -0.1) is 0 Å². The van der Waals surface area contributed by atoms with Crippen molar-refractivity contribution in [2.45, 2.75) is 39.5 Å². The third-order valence-corrected chi connectivity index (χ3v) is 2.13. The van der Waals surface area contributed by atoms with Crippen LogP contribution in [0.4, 0.5) is 0 Å². The quantitative estimate of drug-likeness (QED) is 0.796. The maximum absolute atomic E-state index is 11.7. The van der Waals surface area contributed by atoms with Crippen molar-refractivity contribution in [3.05, 3.63) is 34.2 Å². The molecule has 0 saturated carbocycles. The molecule has 0 aliphatic rings. The second kappa shape index (κ2) is 5.63. The van der Waals surface area contributed by atoms with Gasteiger partial charge in [0.05, 0.1) is 18.2 Å². The minimum absolute atomic E-state index is 0.0413. The van der Waals surface area contributed by atoms with Crippen molar-refractivity contribution in [1.82, 2.24) is 9.88 Å². The van der Waals surface area contributed by atoms with Gasteiger partial charge in [0.25, 0.3) is 11.5 Å². The molecule has 1 rings (SSSR count). The molecule has 1 unspecified atom stereocenters. The summed E-state index contributed by atoms with van der Waals surface area (Å²) in [7, 11) is 0. The first-order valence-electron chi connectivity index (χ1n) is 5.59. The van der Waals surface area contributed by atoms with Gasteiger partial charge in [-0.05, 0) is 26.8 Å². The van der Waals surface area contributed by atoms with Crippen LogP contribution < -0.4 is 10.9 Å². The van der Waals surface area contributed by atoms with E-state index >= 15 is 0 Å². The van der Waals surface area contributed by atoms with Gasteiger partial charge in [0.1, 0.15) is 0 Å². The van der Waals surface area contributed by atoms with Crippen LogP contribution in [-0.2, 0) is 6.54 Å². The molecule has 1 atom stereocenters. The number of rotatable bonds is 4. The highest BCUT2D eigenvalue weighted by molar-refractivity contribution is 5.93. The Morgan fingerprint density at radius 2 is 2.06 bits per heavy atom. The van der Waals surface area contributed by atoms with Crippen molar-refractivity contribution >= 4 is 5.91 Å². The van der Waals surface area contributed by atoms with Crippen LogP contribution in [0.3, 0.4) is 0 Å². The van der Waals surface area contributed by atoms with E-state index in [1.165, 1.54) is 22.9 Å². The van der Waals surface area contributed by atoms with E-state index in [0.717, 1.165) is 0 Å². The molecule has 5 nitrogen and oxygen atoms in total. The Labute approximate surface area is 100 Å². The van der Waals surface area contributed by atoms with Crippen LogP contribution in [0.2, 0.25) is 0 Å². The van der Waals surface area contributed by atoms with Crippen LogP contribution >= 0.6 is 0 Å². The number of carbonyl (C=O) groups excluding carboxylic acids is 1. The molecule has 0 aliphatic carbocycles. The van der Waals surface area contributed by atoms with Crippen molar-refractivity contribution in [3.8, 4) is 0 Å². The van der Waals surface area contributed by atoms with Crippen LogP contribution in [0.25, 0.3) is 0 Å². The lowest BCUT2D eigenvalue weighted by Gasteiger charge is -2.11. The summed E-state index contributed by atoms with van der Waals surface area (Å²) in [6.45, 7) is 5.50. The standard InChI is InChI=1S/C12H18N2O3/c1-8(2)13-12(17)10-4-5-11(16)14(7-10)6-9(3)15/h4-5,7-9,15H,6H2,1-3H3,(H,13,17). The van der Waals surface area contributed by atoms with E-state index in [1.807, 2.05) is 13.8 Å². The molecule has 2 N–H and O–H groups in total. The monoisotopic (exact) mass is 238 g/mol.